The van der Waals surface area contributed by atoms with E-state index in [2.05, 4.69) is 38.6 Å². The fourth-order valence-electron chi connectivity index (χ4n) is 3.80. The van der Waals surface area contributed by atoms with Gasteiger partial charge in [0.2, 0.25) is 0 Å². The summed E-state index contributed by atoms with van der Waals surface area (Å²) < 4.78 is 0. The number of hydrogen-bond donors (Lipinski definition) is 2. The average molecular weight is 431 g/mol. The van der Waals surface area contributed by atoms with Gasteiger partial charge < -0.3 is 10.8 Å². The van der Waals surface area contributed by atoms with E-state index < -0.39 is 6.35 Å². The molecule has 0 amide bonds. The lowest BCUT2D eigenvalue weighted by Crippen LogP contribution is -2.51. The first-order chi connectivity index (χ1) is 14.5. The van der Waals surface area contributed by atoms with Crippen molar-refractivity contribution in [2.24, 2.45) is 16.6 Å². The number of rotatable bonds is 8. The molecule has 1 atom stereocenters. The number of piperidine rings is 1. The van der Waals surface area contributed by atoms with Crippen LogP contribution in [0, 0.1) is 5.92 Å². The van der Waals surface area contributed by atoms with Gasteiger partial charge in [-0.2, -0.15) is 0 Å². The van der Waals surface area contributed by atoms with Crippen LogP contribution in [0.2, 0.25) is 5.15 Å². The summed E-state index contributed by atoms with van der Waals surface area (Å²) in [5.41, 5.74) is 9.02. The van der Waals surface area contributed by atoms with Crippen molar-refractivity contribution in [3.05, 3.63) is 41.3 Å². The number of aliphatic hydroxyl groups is 1. The molecular weight excluding hydrogens is 400 g/mol. The molecule has 0 radical (unpaired) electrons. The van der Waals surface area contributed by atoms with Gasteiger partial charge in [0, 0.05) is 49.4 Å². The van der Waals surface area contributed by atoms with Gasteiger partial charge >= 0.3 is 0 Å². The van der Waals surface area contributed by atoms with Crippen molar-refractivity contribution >= 4 is 34.4 Å². The van der Waals surface area contributed by atoms with Crippen molar-refractivity contribution in [3.63, 3.8) is 0 Å². The van der Waals surface area contributed by atoms with E-state index in [4.69, 9.17) is 17.3 Å². The van der Waals surface area contributed by atoms with Crippen molar-refractivity contribution < 1.29 is 5.11 Å². The highest BCUT2D eigenvalue weighted by molar-refractivity contribution is 6.29. The largest absolute Gasteiger partial charge is 0.404 e. The quantitative estimate of drug-likeness (QED) is 0.380. The Balaban J connectivity index is 1.56. The zero-order valence-electron chi connectivity index (χ0n) is 17.7. The standard InChI is InChI=1S/C22H31ClN6O/c1-3-28(4-2)22(30)29-9-7-16(8-10-29)13-25-14-18(12-24)17-11-20-19(26-15-17)5-6-21(23)27-20/h5-6,11-12,14-16,22,30H,3-4,7-10,13,24H2,1-2H3. The van der Waals surface area contributed by atoms with Crippen LogP contribution in [0.3, 0.4) is 0 Å². The Bertz CT molecular complexity index is 890. The maximum atomic E-state index is 10.5. The van der Waals surface area contributed by atoms with E-state index in [1.54, 1.807) is 18.5 Å². The number of pyridine rings is 2. The van der Waals surface area contributed by atoms with E-state index in [1.807, 2.05) is 18.3 Å². The summed E-state index contributed by atoms with van der Waals surface area (Å²) >= 11 is 5.99. The third-order valence-corrected chi connectivity index (χ3v) is 5.94. The second-order valence-corrected chi connectivity index (χ2v) is 7.95. The first kappa shape index (κ1) is 22.6. The van der Waals surface area contributed by atoms with Gasteiger partial charge in [0.1, 0.15) is 5.15 Å². The fourth-order valence-corrected chi connectivity index (χ4v) is 3.96. The molecule has 1 aliphatic rings. The van der Waals surface area contributed by atoms with Crippen LogP contribution in [0.1, 0.15) is 32.3 Å². The molecule has 7 nitrogen and oxygen atoms in total. The second-order valence-electron chi connectivity index (χ2n) is 7.56. The molecule has 0 saturated carbocycles. The highest BCUT2D eigenvalue weighted by Crippen LogP contribution is 2.21. The van der Waals surface area contributed by atoms with Crippen LogP contribution in [0.4, 0.5) is 0 Å². The molecular formula is C22H31ClN6O. The predicted octanol–water partition coefficient (Wildman–Crippen LogP) is 2.98. The summed E-state index contributed by atoms with van der Waals surface area (Å²) in [7, 11) is 0. The van der Waals surface area contributed by atoms with Crippen LogP contribution in [0.5, 0.6) is 0 Å². The summed E-state index contributed by atoms with van der Waals surface area (Å²) in [5, 5.41) is 10.9. The van der Waals surface area contributed by atoms with Crippen LogP contribution < -0.4 is 5.73 Å². The lowest BCUT2D eigenvalue weighted by Gasteiger charge is -2.39. The molecule has 3 heterocycles. The zero-order chi connectivity index (χ0) is 21.5. The number of fused-ring (bicyclic) bond motifs is 1. The fraction of sp³-hybridized carbons (Fsp3) is 0.500. The maximum Gasteiger partial charge on any atom is 0.165 e. The minimum absolute atomic E-state index is 0.436. The Morgan fingerprint density at radius 1 is 1.33 bits per heavy atom. The third-order valence-electron chi connectivity index (χ3n) is 5.72. The first-order valence-electron chi connectivity index (χ1n) is 10.6. The van der Waals surface area contributed by atoms with Gasteiger partial charge in [-0.3, -0.25) is 19.8 Å². The summed E-state index contributed by atoms with van der Waals surface area (Å²) in [6, 6.07) is 5.49. The molecule has 1 fully saturated rings. The van der Waals surface area contributed by atoms with E-state index in [0.717, 1.165) is 67.7 Å². The van der Waals surface area contributed by atoms with Crippen molar-refractivity contribution in [3.8, 4) is 0 Å². The van der Waals surface area contributed by atoms with Crippen LogP contribution >= 0.6 is 11.6 Å². The number of nitrogens with zero attached hydrogens (tertiary/aromatic N) is 5. The Morgan fingerprint density at radius 3 is 2.73 bits per heavy atom. The monoisotopic (exact) mass is 430 g/mol. The lowest BCUT2D eigenvalue weighted by atomic mass is 9.97. The summed E-state index contributed by atoms with van der Waals surface area (Å²) in [5.74, 6) is 0.510. The minimum atomic E-state index is -0.487. The number of aromatic nitrogens is 2. The molecule has 8 heteroatoms. The molecule has 3 rings (SSSR count). The van der Waals surface area contributed by atoms with E-state index in [-0.39, 0.29) is 0 Å². The molecule has 0 aliphatic carbocycles. The number of aliphatic imine (C=N–C) groups is 1. The van der Waals surface area contributed by atoms with Gasteiger partial charge in [-0.05, 0) is 50.0 Å². The highest BCUT2D eigenvalue weighted by atomic mass is 35.5. The Morgan fingerprint density at radius 2 is 2.07 bits per heavy atom. The number of hydrogen-bond acceptors (Lipinski definition) is 7. The van der Waals surface area contributed by atoms with Gasteiger partial charge in [0.15, 0.2) is 6.35 Å². The first-order valence-corrected chi connectivity index (χ1v) is 10.9. The highest BCUT2D eigenvalue weighted by Gasteiger charge is 2.26. The molecule has 30 heavy (non-hydrogen) atoms. The topological polar surface area (TPSA) is 90.9 Å². The molecule has 0 aromatic carbocycles. The molecule has 1 saturated heterocycles. The minimum Gasteiger partial charge on any atom is -0.404 e. The molecule has 0 bridgehead atoms. The smallest absolute Gasteiger partial charge is 0.165 e. The van der Waals surface area contributed by atoms with Gasteiger partial charge in [-0.25, -0.2) is 4.98 Å². The van der Waals surface area contributed by atoms with Gasteiger partial charge in [0.25, 0.3) is 0 Å². The van der Waals surface area contributed by atoms with Gasteiger partial charge in [-0.15, -0.1) is 0 Å². The predicted molar refractivity (Wildman–Crippen MR) is 123 cm³/mol. The van der Waals surface area contributed by atoms with Crippen LogP contribution in [0.25, 0.3) is 16.6 Å². The number of nitrogens with two attached hydrogens (primary N) is 1. The van der Waals surface area contributed by atoms with E-state index in [0.29, 0.717) is 11.1 Å². The molecule has 162 valence electrons. The summed E-state index contributed by atoms with van der Waals surface area (Å²) in [6.07, 6.45) is 6.69. The van der Waals surface area contributed by atoms with E-state index in [1.165, 1.54) is 0 Å². The Kier molecular flexibility index (Phi) is 8.16. The van der Waals surface area contributed by atoms with Crippen LogP contribution in [-0.2, 0) is 0 Å². The summed E-state index contributed by atoms with van der Waals surface area (Å²) in [6.45, 7) is 8.37. The van der Waals surface area contributed by atoms with Crippen molar-refractivity contribution in [2.75, 3.05) is 32.7 Å². The molecule has 1 aliphatic heterocycles. The van der Waals surface area contributed by atoms with Crippen LogP contribution in [-0.4, -0.2) is 70.2 Å². The number of allylic oxidation sites excluding steroid dienone is 1. The molecule has 2 aromatic heterocycles. The molecule has 3 N–H and O–H groups in total. The van der Waals surface area contributed by atoms with Crippen LogP contribution in [0.15, 0.2) is 35.6 Å². The molecule has 2 aromatic rings. The number of aliphatic hydroxyl groups excluding tert-OH is 1. The SMILES string of the molecule is CCN(CC)C(O)N1CCC(CN=CC(=CN)c2cnc3ccc(Cl)nc3c2)CC1. The van der Waals surface area contributed by atoms with Crippen molar-refractivity contribution in [1.82, 2.24) is 19.8 Å². The third kappa shape index (κ3) is 5.55. The van der Waals surface area contributed by atoms with Crippen molar-refractivity contribution in [2.45, 2.75) is 33.0 Å². The Hall–Kier alpha value is -2.06. The summed E-state index contributed by atoms with van der Waals surface area (Å²) in [4.78, 5) is 17.6. The van der Waals surface area contributed by atoms with Gasteiger partial charge in [0.05, 0.1) is 11.0 Å². The number of likely N-dealkylation sites (tertiary alicyclic amines) is 1. The molecule has 0 spiro atoms. The second kappa shape index (κ2) is 10.8. The van der Waals surface area contributed by atoms with E-state index in [9.17, 15) is 5.11 Å². The van der Waals surface area contributed by atoms with Crippen molar-refractivity contribution in [1.29, 1.82) is 0 Å². The zero-order valence-corrected chi connectivity index (χ0v) is 18.5. The number of halogens is 1. The van der Waals surface area contributed by atoms with E-state index >= 15 is 0 Å². The normalized spacial score (nSPS) is 18.0. The lowest BCUT2D eigenvalue weighted by molar-refractivity contribution is -0.118. The molecule has 1 unspecified atom stereocenters. The average Bonchev–Trinajstić information content (AvgIpc) is 2.77. The van der Waals surface area contributed by atoms with Gasteiger partial charge in [-0.1, -0.05) is 25.4 Å². The Labute approximate surface area is 183 Å². The maximum absolute atomic E-state index is 10.5.